The molecule has 6 nitrogen and oxygen atoms in total. The summed E-state index contributed by atoms with van der Waals surface area (Å²) in [5.41, 5.74) is 2.82. The maximum absolute atomic E-state index is 12.9. The highest BCUT2D eigenvalue weighted by atomic mass is 16.2. The molecule has 0 saturated heterocycles. The first kappa shape index (κ1) is 16.0. The van der Waals surface area contributed by atoms with Gasteiger partial charge in [0.05, 0.1) is 23.3 Å². The number of para-hydroxylation sites is 2. The number of pyridine rings is 1. The van der Waals surface area contributed by atoms with Gasteiger partial charge in [-0.05, 0) is 37.6 Å². The van der Waals surface area contributed by atoms with Crippen molar-refractivity contribution in [3.63, 3.8) is 0 Å². The fourth-order valence-corrected chi connectivity index (χ4v) is 2.80. The van der Waals surface area contributed by atoms with Gasteiger partial charge in [0.25, 0.3) is 0 Å². The molecule has 3 rings (SSSR count). The van der Waals surface area contributed by atoms with Crippen molar-refractivity contribution in [1.29, 1.82) is 0 Å². The number of carbonyl (C=O) groups is 2. The molecule has 2 aromatic rings. The number of amides is 3. The van der Waals surface area contributed by atoms with Crippen LogP contribution in [0.15, 0.2) is 42.6 Å². The van der Waals surface area contributed by atoms with Crippen LogP contribution in [0.3, 0.4) is 0 Å². The second-order valence-electron chi connectivity index (χ2n) is 5.80. The number of anilines is 3. The van der Waals surface area contributed by atoms with Gasteiger partial charge in [0.1, 0.15) is 6.04 Å². The van der Waals surface area contributed by atoms with E-state index in [0.29, 0.717) is 23.5 Å². The molecule has 0 bridgehead atoms. The number of hydrogen-bond acceptors (Lipinski definition) is 3. The fraction of sp³-hybridized carbons (Fsp3) is 0.278. The van der Waals surface area contributed by atoms with Crippen LogP contribution in [-0.4, -0.2) is 23.0 Å². The Hall–Kier alpha value is -2.89. The number of nitrogens with zero attached hydrogens (tertiary/aromatic N) is 2. The summed E-state index contributed by atoms with van der Waals surface area (Å²) in [6.07, 6.45) is 3.01. The molecule has 0 fully saturated rings. The number of benzene rings is 1. The van der Waals surface area contributed by atoms with Gasteiger partial charge in [-0.15, -0.1) is 0 Å². The summed E-state index contributed by atoms with van der Waals surface area (Å²) in [5.74, 6) is -0.160. The van der Waals surface area contributed by atoms with Gasteiger partial charge in [-0.1, -0.05) is 25.5 Å². The summed E-state index contributed by atoms with van der Waals surface area (Å²) in [6, 6.07) is 10.1. The summed E-state index contributed by atoms with van der Waals surface area (Å²) >= 11 is 0. The maximum Gasteiger partial charge on any atom is 0.327 e. The molecule has 1 aliphatic rings. The third-order valence-electron chi connectivity index (χ3n) is 3.98. The predicted molar refractivity (Wildman–Crippen MR) is 94.2 cm³/mol. The van der Waals surface area contributed by atoms with Gasteiger partial charge >= 0.3 is 6.03 Å². The predicted octanol–water partition coefficient (Wildman–Crippen LogP) is 3.55. The number of aryl methyl sites for hydroxylation is 1. The van der Waals surface area contributed by atoms with Crippen molar-refractivity contribution in [2.24, 2.45) is 0 Å². The first-order chi connectivity index (χ1) is 11.6. The Morgan fingerprint density at radius 3 is 2.79 bits per heavy atom. The van der Waals surface area contributed by atoms with Crippen LogP contribution >= 0.6 is 0 Å². The van der Waals surface area contributed by atoms with Gasteiger partial charge in [-0.25, -0.2) is 4.79 Å². The lowest BCUT2D eigenvalue weighted by molar-refractivity contribution is -0.117. The van der Waals surface area contributed by atoms with Crippen molar-refractivity contribution in [3.05, 3.63) is 48.3 Å². The molecule has 1 atom stereocenters. The van der Waals surface area contributed by atoms with Crippen molar-refractivity contribution < 1.29 is 9.59 Å². The maximum atomic E-state index is 12.9. The van der Waals surface area contributed by atoms with Gasteiger partial charge in [0.15, 0.2) is 0 Å². The Morgan fingerprint density at radius 2 is 2.08 bits per heavy atom. The van der Waals surface area contributed by atoms with Gasteiger partial charge in [0.2, 0.25) is 5.91 Å². The molecule has 1 aromatic heterocycles. The number of rotatable bonds is 3. The zero-order valence-electron chi connectivity index (χ0n) is 13.7. The van der Waals surface area contributed by atoms with Gasteiger partial charge in [0, 0.05) is 5.69 Å². The van der Waals surface area contributed by atoms with E-state index in [2.05, 4.69) is 15.6 Å². The van der Waals surface area contributed by atoms with Crippen LogP contribution in [0.4, 0.5) is 21.9 Å². The molecule has 0 radical (unpaired) electrons. The first-order valence-corrected chi connectivity index (χ1v) is 8.03. The molecule has 0 spiro atoms. The van der Waals surface area contributed by atoms with Crippen molar-refractivity contribution in [2.75, 3.05) is 15.5 Å². The molecule has 6 heteroatoms. The van der Waals surface area contributed by atoms with Crippen LogP contribution < -0.4 is 15.5 Å². The van der Waals surface area contributed by atoms with Crippen molar-refractivity contribution in [1.82, 2.24) is 4.98 Å². The third kappa shape index (κ3) is 3.08. The highest BCUT2D eigenvalue weighted by Gasteiger charge is 2.36. The molecule has 0 aliphatic carbocycles. The number of nitrogens with one attached hydrogen (secondary N) is 2. The SMILES string of the molecule is CCCC1C(=O)Nc2ccccc2N1C(=O)Nc1ccc(C)nc1. The topological polar surface area (TPSA) is 74.3 Å². The minimum atomic E-state index is -0.525. The molecular weight excluding hydrogens is 304 g/mol. The number of aromatic nitrogens is 1. The summed E-state index contributed by atoms with van der Waals surface area (Å²) < 4.78 is 0. The zero-order chi connectivity index (χ0) is 17.1. The Bertz CT molecular complexity index is 758. The number of carbonyl (C=O) groups excluding carboxylic acids is 2. The van der Waals surface area contributed by atoms with E-state index in [1.807, 2.05) is 38.1 Å². The van der Waals surface area contributed by atoms with Gasteiger partial charge in [-0.3, -0.25) is 14.7 Å². The smallest absolute Gasteiger partial charge is 0.322 e. The van der Waals surface area contributed by atoms with E-state index in [-0.39, 0.29) is 11.9 Å². The minimum absolute atomic E-state index is 0.160. The molecule has 2 N–H and O–H groups in total. The van der Waals surface area contributed by atoms with Crippen LogP contribution in [0.5, 0.6) is 0 Å². The Kier molecular flexibility index (Phi) is 4.46. The Morgan fingerprint density at radius 1 is 1.29 bits per heavy atom. The molecule has 3 amide bonds. The van der Waals surface area contributed by atoms with Crippen LogP contribution in [0.2, 0.25) is 0 Å². The number of fused-ring (bicyclic) bond motifs is 1. The Labute approximate surface area is 140 Å². The number of hydrogen-bond donors (Lipinski definition) is 2. The van der Waals surface area contributed by atoms with E-state index >= 15 is 0 Å². The minimum Gasteiger partial charge on any atom is -0.322 e. The van der Waals surface area contributed by atoms with E-state index in [1.165, 1.54) is 4.90 Å². The number of urea groups is 1. The summed E-state index contributed by atoms with van der Waals surface area (Å²) in [6.45, 7) is 3.88. The van der Waals surface area contributed by atoms with E-state index in [1.54, 1.807) is 18.3 Å². The summed E-state index contributed by atoms with van der Waals surface area (Å²) in [5, 5.41) is 5.71. The van der Waals surface area contributed by atoms with Crippen LogP contribution in [-0.2, 0) is 4.79 Å². The van der Waals surface area contributed by atoms with E-state index in [0.717, 1.165) is 12.1 Å². The highest BCUT2D eigenvalue weighted by Crippen LogP contribution is 2.33. The van der Waals surface area contributed by atoms with Crippen molar-refractivity contribution in [3.8, 4) is 0 Å². The highest BCUT2D eigenvalue weighted by molar-refractivity contribution is 6.14. The fourth-order valence-electron chi connectivity index (χ4n) is 2.80. The second kappa shape index (κ2) is 6.70. The molecule has 2 heterocycles. The molecule has 24 heavy (non-hydrogen) atoms. The lowest BCUT2D eigenvalue weighted by Crippen LogP contribution is -2.52. The Balaban J connectivity index is 1.93. The summed E-state index contributed by atoms with van der Waals surface area (Å²) in [4.78, 5) is 31.0. The second-order valence-corrected chi connectivity index (χ2v) is 5.80. The average molecular weight is 324 g/mol. The third-order valence-corrected chi connectivity index (χ3v) is 3.98. The lowest BCUT2D eigenvalue weighted by Gasteiger charge is -2.36. The zero-order valence-corrected chi connectivity index (χ0v) is 13.7. The molecule has 1 aromatic carbocycles. The van der Waals surface area contributed by atoms with Gasteiger partial charge in [-0.2, -0.15) is 0 Å². The van der Waals surface area contributed by atoms with E-state index in [9.17, 15) is 9.59 Å². The molecular formula is C18H20N4O2. The summed E-state index contributed by atoms with van der Waals surface area (Å²) in [7, 11) is 0. The first-order valence-electron chi connectivity index (χ1n) is 8.03. The molecule has 124 valence electrons. The monoisotopic (exact) mass is 324 g/mol. The van der Waals surface area contributed by atoms with Crippen LogP contribution in [0.1, 0.15) is 25.5 Å². The average Bonchev–Trinajstić information content (AvgIpc) is 2.57. The quantitative estimate of drug-likeness (QED) is 0.906. The normalized spacial score (nSPS) is 16.3. The van der Waals surface area contributed by atoms with E-state index in [4.69, 9.17) is 0 Å². The van der Waals surface area contributed by atoms with E-state index < -0.39 is 6.04 Å². The molecule has 0 saturated carbocycles. The van der Waals surface area contributed by atoms with Gasteiger partial charge < -0.3 is 10.6 Å². The van der Waals surface area contributed by atoms with Crippen molar-refractivity contribution in [2.45, 2.75) is 32.7 Å². The lowest BCUT2D eigenvalue weighted by atomic mass is 10.0. The molecule has 1 unspecified atom stereocenters. The van der Waals surface area contributed by atoms with Crippen LogP contribution in [0, 0.1) is 6.92 Å². The standard InChI is InChI=1S/C18H20N4O2/c1-3-6-16-17(23)21-14-7-4-5-8-15(14)22(16)18(24)20-13-10-9-12(2)19-11-13/h4-5,7-11,16H,3,6H2,1-2H3,(H,20,24)(H,21,23). The molecule has 1 aliphatic heterocycles. The largest absolute Gasteiger partial charge is 0.327 e. The van der Waals surface area contributed by atoms with Crippen molar-refractivity contribution >= 4 is 29.0 Å². The van der Waals surface area contributed by atoms with Crippen LogP contribution in [0.25, 0.3) is 0 Å².